The molecule has 0 unspecified atom stereocenters. The zero-order valence-corrected chi connectivity index (χ0v) is 18.3. The largest absolute Gasteiger partial charge is 0.435 e. The second-order valence-electron chi connectivity index (χ2n) is 7.37. The quantitative estimate of drug-likeness (QED) is 0.525. The van der Waals surface area contributed by atoms with Crippen molar-refractivity contribution in [1.29, 1.82) is 0 Å². The number of fused-ring (bicyclic) bond motifs is 1. The first-order chi connectivity index (χ1) is 15.2. The van der Waals surface area contributed by atoms with Crippen molar-refractivity contribution in [2.45, 2.75) is 25.2 Å². The molecule has 2 aromatic heterocycles. The zero-order chi connectivity index (χ0) is 23.0. The molecule has 1 atom stereocenters. The van der Waals surface area contributed by atoms with E-state index in [9.17, 15) is 18.0 Å². The number of nitrogens with zero attached hydrogens (tertiary/aromatic N) is 3. The van der Waals surface area contributed by atoms with Gasteiger partial charge in [-0.25, -0.2) is 0 Å². The van der Waals surface area contributed by atoms with Crippen LogP contribution in [0.15, 0.2) is 49.2 Å². The lowest BCUT2D eigenvalue weighted by molar-refractivity contribution is -0.141. The van der Waals surface area contributed by atoms with E-state index in [4.69, 9.17) is 16.7 Å². The topological polar surface area (TPSA) is 58.4 Å². The first-order valence-corrected chi connectivity index (χ1v) is 11.0. The molecular weight excluding hydrogens is 463 g/mol. The Morgan fingerprint density at radius 1 is 1.31 bits per heavy atom. The minimum Gasteiger partial charge on any atom is -0.394 e. The molecule has 168 valence electrons. The summed E-state index contributed by atoms with van der Waals surface area (Å²) in [5.41, 5.74) is 0.819. The van der Waals surface area contributed by atoms with Crippen LogP contribution in [-0.2, 0) is 24.1 Å². The van der Waals surface area contributed by atoms with Crippen LogP contribution in [0, 0.1) is 0 Å². The Kier molecular flexibility index (Phi) is 6.15. The van der Waals surface area contributed by atoms with Gasteiger partial charge in [0.05, 0.1) is 24.0 Å². The molecule has 3 aromatic rings. The van der Waals surface area contributed by atoms with E-state index in [1.807, 2.05) is 6.07 Å². The smallest absolute Gasteiger partial charge is 0.394 e. The molecule has 3 heterocycles. The Bertz CT molecular complexity index is 1170. The van der Waals surface area contributed by atoms with Gasteiger partial charge in [0, 0.05) is 29.1 Å². The molecule has 1 aliphatic heterocycles. The number of alkyl halides is 3. The highest BCUT2D eigenvalue weighted by Crippen LogP contribution is 2.44. The van der Waals surface area contributed by atoms with E-state index in [2.05, 4.69) is 11.7 Å². The van der Waals surface area contributed by atoms with Gasteiger partial charge in [-0.3, -0.25) is 9.48 Å². The van der Waals surface area contributed by atoms with E-state index in [1.165, 1.54) is 23.6 Å². The van der Waals surface area contributed by atoms with Crippen molar-refractivity contribution in [2.75, 3.05) is 13.2 Å². The average Bonchev–Trinajstić information content (AvgIpc) is 3.35. The summed E-state index contributed by atoms with van der Waals surface area (Å²) in [6.45, 7) is 3.82. The highest BCUT2D eigenvalue weighted by molar-refractivity contribution is 7.16. The Morgan fingerprint density at radius 3 is 2.75 bits per heavy atom. The first-order valence-electron chi connectivity index (χ1n) is 9.77. The number of aromatic nitrogens is 2. The molecule has 1 aliphatic rings. The summed E-state index contributed by atoms with van der Waals surface area (Å²) in [5.74, 6) is -0.626. The molecule has 32 heavy (non-hydrogen) atoms. The average molecular weight is 482 g/mol. The number of halogens is 4. The predicted octanol–water partition coefficient (Wildman–Crippen LogP) is 4.94. The van der Waals surface area contributed by atoms with Crippen molar-refractivity contribution >= 4 is 28.8 Å². The molecule has 0 radical (unpaired) electrons. The number of carbonyl (C=O) groups excluding carboxylic acids is 1. The van der Waals surface area contributed by atoms with Crippen LogP contribution in [0.1, 0.15) is 27.6 Å². The van der Waals surface area contributed by atoms with E-state index in [1.54, 1.807) is 29.2 Å². The molecule has 1 N–H and O–H groups in total. The first kappa shape index (κ1) is 22.6. The highest BCUT2D eigenvalue weighted by Gasteiger charge is 2.39. The Balaban J connectivity index is 1.88. The molecule has 0 bridgehead atoms. The van der Waals surface area contributed by atoms with Crippen molar-refractivity contribution in [2.24, 2.45) is 0 Å². The number of aliphatic hydroxyl groups excluding tert-OH is 1. The summed E-state index contributed by atoms with van der Waals surface area (Å²) >= 11 is 7.61. The molecule has 0 spiro atoms. The summed E-state index contributed by atoms with van der Waals surface area (Å²) in [5, 5.41) is 12.8. The van der Waals surface area contributed by atoms with Gasteiger partial charge in [-0.05, 0) is 28.8 Å². The molecule has 4 rings (SSSR count). The Labute approximate surface area is 191 Å². The molecule has 1 aromatic carbocycles. The highest BCUT2D eigenvalue weighted by atomic mass is 35.5. The number of hydrogen-bond acceptors (Lipinski definition) is 4. The van der Waals surface area contributed by atoms with Crippen LogP contribution in [0.4, 0.5) is 13.2 Å². The third-order valence-corrected chi connectivity index (χ3v) is 6.66. The van der Waals surface area contributed by atoms with Crippen LogP contribution in [0.3, 0.4) is 0 Å². The molecule has 10 heteroatoms. The lowest BCUT2D eigenvalue weighted by Gasteiger charge is -2.33. The van der Waals surface area contributed by atoms with Gasteiger partial charge in [-0.2, -0.15) is 18.3 Å². The molecule has 0 aliphatic carbocycles. The van der Waals surface area contributed by atoms with Crippen LogP contribution in [0.5, 0.6) is 0 Å². The number of aliphatic hydroxyl groups is 1. The SMILES string of the molecule is C=CC(=O)N1Cc2sc(Cl)cc2[C@H](c2ccccc2-c2cn(CCO)nc2C(F)(F)F)C1. The zero-order valence-electron chi connectivity index (χ0n) is 16.8. The number of rotatable bonds is 5. The normalized spacial score (nSPS) is 16.2. The lowest BCUT2D eigenvalue weighted by atomic mass is 9.84. The predicted molar refractivity (Wildman–Crippen MR) is 117 cm³/mol. The van der Waals surface area contributed by atoms with Gasteiger partial charge in [0.1, 0.15) is 0 Å². The second kappa shape index (κ2) is 8.73. The van der Waals surface area contributed by atoms with Crippen molar-refractivity contribution < 1.29 is 23.1 Å². The summed E-state index contributed by atoms with van der Waals surface area (Å²) in [6.07, 6.45) is -2.14. The fourth-order valence-electron chi connectivity index (χ4n) is 4.04. The Morgan fingerprint density at radius 2 is 2.06 bits per heavy atom. The number of benzene rings is 1. The third kappa shape index (κ3) is 4.20. The number of hydrogen-bond donors (Lipinski definition) is 1. The fraction of sp³-hybridized carbons (Fsp3) is 0.273. The molecule has 0 fully saturated rings. The standard InChI is InChI=1S/C22H19ClF3N3O2S/c1-2-20(31)28-10-16(15-9-19(23)32-18(15)12-28)13-5-3-4-6-14(13)17-11-29(7-8-30)27-21(17)22(24,25)26/h2-6,9,11,16,30H,1,7-8,10,12H2/t16-/m0/s1. The maximum absolute atomic E-state index is 13.8. The lowest BCUT2D eigenvalue weighted by Crippen LogP contribution is -2.37. The van der Waals surface area contributed by atoms with Gasteiger partial charge in [0.25, 0.3) is 0 Å². The van der Waals surface area contributed by atoms with Crippen molar-refractivity contribution in [3.05, 3.63) is 75.2 Å². The number of amides is 1. The van der Waals surface area contributed by atoms with Crippen LogP contribution in [-0.4, -0.2) is 38.8 Å². The van der Waals surface area contributed by atoms with E-state index in [0.29, 0.717) is 22.0 Å². The van der Waals surface area contributed by atoms with E-state index in [0.717, 1.165) is 15.1 Å². The molecule has 1 amide bonds. The van der Waals surface area contributed by atoms with Crippen LogP contribution >= 0.6 is 22.9 Å². The van der Waals surface area contributed by atoms with Gasteiger partial charge in [0.15, 0.2) is 5.69 Å². The maximum Gasteiger partial charge on any atom is 0.435 e. The van der Waals surface area contributed by atoms with Crippen molar-refractivity contribution in [3.63, 3.8) is 0 Å². The number of thiophene rings is 1. The minimum atomic E-state index is -4.67. The monoisotopic (exact) mass is 481 g/mol. The van der Waals surface area contributed by atoms with E-state index >= 15 is 0 Å². The van der Waals surface area contributed by atoms with E-state index in [-0.39, 0.29) is 37.1 Å². The summed E-state index contributed by atoms with van der Waals surface area (Å²) in [4.78, 5) is 14.9. The minimum absolute atomic E-state index is 0.0550. The van der Waals surface area contributed by atoms with Gasteiger partial charge < -0.3 is 10.0 Å². The molecule has 0 saturated heterocycles. The molecule has 0 saturated carbocycles. The van der Waals surface area contributed by atoms with Gasteiger partial charge in [-0.15, -0.1) is 11.3 Å². The maximum atomic E-state index is 13.8. The third-order valence-electron chi connectivity index (χ3n) is 5.40. The molecule has 5 nitrogen and oxygen atoms in total. The van der Waals surface area contributed by atoms with Gasteiger partial charge >= 0.3 is 6.18 Å². The van der Waals surface area contributed by atoms with Crippen molar-refractivity contribution in [3.8, 4) is 11.1 Å². The van der Waals surface area contributed by atoms with E-state index < -0.39 is 11.9 Å². The second-order valence-corrected chi connectivity index (χ2v) is 9.14. The van der Waals surface area contributed by atoms with Gasteiger partial charge in [0.2, 0.25) is 5.91 Å². The molecular formula is C22H19ClF3N3O2S. The van der Waals surface area contributed by atoms with Gasteiger partial charge in [-0.1, -0.05) is 42.4 Å². The van der Waals surface area contributed by atoms with Crippen molar-refractivity contribution in [1.82, 2.24) is 14.7 Å². The van der Waals surface area contributed by atoms with Crippen LogP contribution in [0.25, 0.3) is 11.1 Å². The number of carbonyl (C=O) groups is 1. The van der Waals surface area contributed by atoms with Crippen LogP contribution in [0.2, 0.25) is 4.34 Å². The summed E-state index contributed by atoms with van der Waals surface area (Å²) in [6, 6.07) is 8.62. The Hall–Kier alpha value is -2.62. The summed E-state index contributed by atoms with van der Waals surface area (Å²) in [7, 11) is 0. The fourth-order valence-corrected chi connectivity index (χ4v) is 5.40. The summed E-state index contributed by atoms with van der Waals surface area (Å²) < 4.78 is 43.0. The van der Waals surface area contributed by atoms with Crippen LogP contribution < -0.4 is 0 Å².